The predicted octanol–water partition coefficient (Wildman–Crippen LogP) is 4.12. The summed E-state index contributed by atoms with van der Waals surface area (Å²) in [7, 11) is 0. The van der Waals surface area contributed by atoms with E-state index in [1.54, 1.807) is 36.4 Å². The molecule has 7 heteroatoms. The zero-order valence-electron chi connectivity index (χ0n) is 14.0. The molecular formula is C20H14ClFN2O2S. The average Bonchev–Trinajstić information content (AvgIpc) is 3.01. The first-order chi connectivity index (χ1) is 12.9. The Kier molecular flexibility index (Phi) is 4.47. The van der Waals surface area contributed by atoms with Gasteiger partial charge in [-0.1, -0.05) is 35.9 Å². The van der Waals surface area contributed by atoms with Gasteiger partial charge in [0, 0.05) is 22.9 Å². The molecule has 2 heterocycles. The number of carbonyl (C=O) groups excluding carboxylic acids is 1. The number of thioether (sulfide) groups is 1. The number of hydrogen-bond donors (Lipinski definition) is 1. The van der Waals surface area contributed by atoms with E-state index in [9.17, 15) is 19.6 Å². The quantitative estimate of drug-likeness (QED) is 0.823. The number of nitrogens with zero attached hydrogens (tertiary/aromatic N) is 2. The van der Waals surface area contributed by atoms with Crippen molar-refractivity contribution in [3.63, 3.8) is 0 Å². The summed E-state index contributed by atoms with van der Waals surface area (Å²) in [6.45, 7) is 0. The third-order valence-corrected chi connectivity index (χ3v) is 6.34. The monoisotopic (exact) mass is 400 g/mol. The van der Waals surface area contributed by atoms with Crippen LogP contribution in [0, 0.1) is 17.1 Å². The minimum Gasteiger partial charge on any atom is -0.366 e. The van der Waals surface area contributed by atoms with E-state index in [0.29, 0.717) is 26.8 Å². The second-order valence-electron chi connectivity index (χ2n) is 6.48. The summed E-state index contributed by atoms with van der Waals surface area (Å²) in [4.78, 5) is 14.3. The lowest BCUT2D eigenvalue weighted by atomic mass is 9.85. The molecule has 2 unspecified atom stereocenters. The van der Waals surface area contributed by atoms with Gasteiger partial charge in [0.2, 0.25) is 5.91 Å². The summed E-state index contributed by atoms with van der Waals surface area (Å²) < 4.78 is 13.6. The Hall–Kier alpha value is -2.33. The van der Waals surface area contributed by atoms with Crippen LogP contribution in [-0.2, 0) is 10.5 Å². The summed E-state index contributed by atoms with van der Waals surface area (Å²) >= 11 is 7.18. The molecule has 0 aromatic heterocycles. The van der Waals surface area contributed by atoms with Crippen molar-refractivity contribution in [2.24, 2.45) is 0 Å². The highest BCUT2D eigenvalue weighted by molar-refractivity contribution is 8.03. The molecule has 2 atom stereocenters. The molecular weight excluding hydrogens is 387 g/mol. The summed E-state index contributed by atoms with van der Waals surface area (Å²) in [6.07, 6.45) is -0.00763. The summed E-state index contributed by atoms with van der Waals surface area (Å²) in [5, 5.41) is 22.0. The first-order valence-electron chi connectivity index (χ1n) is 8.28. The van der Waals surface area contributed by atoms with Crippen LogP contribution in [0.4, 0.5) is 4.39 Å². The van der Waals surface area contributed by atoms with Gasteiger partial charge in [0.25, 0.3) is 0 Å². The lowest BCUT2D eigenvalue weighted by Crippen LogP contribution is -2.48. The van der Waals surface area contributed by atoms with E-state index in [4.69, 9.17) is 11.6 Å². The molecule has 4 nitrogen and oxygen atoms in total. The van der Waals surface area contributed by atoms with Gasteiger partial charge in [-0.15, -0.1) is 11.8 Å². The van der Waals surface area contributed by atoms with E-state index in [1.807, 2.05) is 0 Å². The van der Waals surface area contributed by atoms with E-state index in [0.717, 1.165) is 0 Å². The van der Waals surface area contributed by atoms with Crippen LogP contribution in [-0.4, -0.2) is 21.7 Å². The van der Waals surface area contributed by atoms with Gasteiger partial charge in [0.05, 0.1) is 22.4 Å². The topological polar surface area (TPSA) is 64.3 Å². The van der Waals surface area contributed by atoms with Crippen LogP contribution in [0.15, 0.2) is 59.1 Å². The largest absolute Gasteiger partial charge is 0.366 e. The number of halogens is 2. The normalized spacial score (nSPS) is 24.7. The molecule has 2 aromatic carbocycles. The van der Waals surface area contributed by atoms with Crippen molar-refractivity contribution >= 4 is 29.3 Å². The predicted molar refractivity (Wildman–Crippen MR) is 101 cm³/mol. The van der Waals surface area contributed by atoms with Crippen LogP contribution in [0.1, 0.15) is 23.5 Å². The molecule has 2 aliphatic rings. The molecule has 1 saturated heterocycles. The van der Waals surface area contributed by atoms with Crippen LogP contribution >= 0.6 is 23.4 Å². The number of allylic oxidation sites excluding steroid dienone is 1. The van der Waals surface area contributed by atoms with E-state index in [1.165, 1.54) is 28.8 Å². The zero-order valence-corrected chi connectivity index (χ0v) is 15.6. The third-order valence-electron chi connectivity index (χ3n) is 4.87. The van der Waals surface area contributed by atoms with Crippen LogP contribution < -0.4 is 0 Å². The van der Waals surface area contributed by atoms with Crippen molar-refractivity contribution in [3.8, 4) is 6.07 Å². The zero-order chi connectivity index (χ0) is 19.2. The molecule has 1 fully saturated rings. The third kappa shape index (κ3) is 2.92. The molecule has 4 rings (SSSR count). The van der Waals surface area contributed by atoms with Crippen molar-refractivity contribution in [2.45, 2.75) is 18.1 Å². The molecule has 2 aliphatic heterocycles. The molecule has 1 N–H and O–H groups in total. The fourth-order valence-electron chi connectivity index (χ4n) is 3.56. The van der Waals surface area contributed by atoms with Gasteiger partial charge >= 0.3 is 0 Å². The maximum absolute atomic E-state index is 13.6. The first-order valence-corrected chi connectivity index (χ1v) is 9.64. The molecule has 0 spiro atoms. The number of fused-ring (bicyclic) bond motifs is 1. The maximum Gasteiger partial charge on any atom is 0.231 e. The van der Waals surface area contributed by atoms with E-state index >= 15 is 0 Å². The fourth-order valence-corrected chi connectivity index (χ4v) is 5.05. The Bertz CT molecular complexity index is 1000. The van der Waals surface area contributed by atoms with E-state index in [2.05, 4.69) is 6.07 Å². The highest BCUT2D eigenvalue weighted by atomic mass is 35.5. The Morgan fingerprint density at radius 3 is 2.70 bits per heavy atom. The number of carbonyl (C=O) groups is 1. The Balaban J connectivity index is 1.81. The smallest absolute Gasteiger partial charge is 0.231 e. The van der Waals surface area contributed by atoms with E-state index in [-0.39, 0.29) is 18.1 Å². The van der Waals surface area contributed by atoms with Gasteiger partial charge < -0.3 is 5.11 Å². The average molecular weight is 401 g/mol. The number of aliphatic hydroxyl groups is 1. The lowest BCUT2D eigenvalue weighted by molar-refractivity contribution is -0.149. The highest BCUT2D eigenvalue weighted by Gasteiger charge is 2.51. The van der Waals surface area contributed by atoms with Gasteiger partial charge in [0.15, 0.2) is 5.72 Å². The summed E-state index contributed by atoms with van der Waals surface area (Å²) in [6, 6.07) is 14.7. The van der Waals surface area contributed by atoms with Crippen LogP contribution in [0.25, 0.3) is 0 Å². The standard InChI is InChI=1S/C20H14ClFN2O2S/c21-14-6-4-13(5-7-14)20(26)11-27-19-17(10-23)16(9-18(25)24(19)20)12-2-1-3-15(22)8-12/h1-8,16,26H,9,11H2. The van der Waals surface area contributed by atoms with Crippen molar-refractivity contribution < 1.29 is 14.3 Å². The molecule has 1 amide bonds. The van der Waals surface area contributed by atoms with Crippen molar-refractivity contribution in [1.29, 1.82) is 5.26 Å². The minimum atomic E-state index is -1.54. The highest BCUT2D eigenvalue weighted by Crippen LogP contribution is 2.51. The fraction of sp³-hybridized carbons (Fsp3) is 0.200. The van der Waals surface area contributed by atoms with Crippen LogP contribution in [0.5, 0.6) is 0 Å². The van der Waals surface area contributed by atoms with Gasteiger partial charge in [0.1, 0.15) is 5.82 Å². The maximum atomic E-state index is 13.6. The summed E-state index contributed by atoms with van der Waals surface area (Å²) in [5.41, 5.74) is -0.0645. The molecule has 0 bridgehead atoms. The number of amides is 1. The van der Waals surface area contributed by atoms with Crippen molar-refractivity contribution in [3.05, 3.63) is 81.1 Å². The van der Waals surface area contributed by atoms with E-state index < -0.39 is 17.5 Å². The van der Waals surface area contributed by atoms with Crippen molar-refractivity contribution in [2.75, 3.05) is 5.75 Å². The Morgan fingerprint density at radius 2 is 2.04 bits per heavy atom. The SMILES string of the molecule is N#CC1=C2SCC(O)(c3ccc(Cl)cc3)N2C(=O)CC1c1cccc(F)c1. The molecule has 27 heavy (non-hydrogen) atoms. The second kappa shape index (κ2) is 6.68. The molecule has 0 radical (unpaired) electrons. The molecule has 2 aromatic rings. The van der Waals surface area contributed by atoms with Gasteiger partial charge in [-0.05, 0) is 29.8 Å². The Labute approximate surface area is 164 Å². The first kappa shape index (κ1) is 18.1. The van der Waals surface area contributed by atoms with Gasteiger partial charge in [-0.2, -0.15) is 5.26 Å². The Morgan fingerprint density at radius 1 is 1.30 bits per heavy atom. The number of rotatable bonds is 2. The number of nitriles is 1. The second-order valence-corrected chi connectivity index (χ2v) is 7.88. The lowest BCUT2D eigenvalue weighted by Gasteiger charge is -2.38. The molecule has 0 saturated carbocycles. The van der Waals surface area contributed by atoms with Crippen LogP contribution in [0.2, 0.25) is 5.02 Å². The number of hydrogen-bond acceptors (Lipinski definition) is 4. The number of benzene rings is 2. The van der Waals surface area contributed by atoms with Gasteiger partial charge in [-0.3, -0.25) is 9.69 Å². The molecule has 0 aliphatic carbocycles. The van der Waals surface area contributed by atoms with Gasteiger partial charge in [-0.25, -0.2) is 4.39 Å². The summed E-state index contributed by atoms with van der Waals surface area (Å²) in [5.74, 6) is -1.04. The minimum absolute atomic E-state index is 0.00763. The van der Waals surface area contributed by atoms with Crippen LogP contribution in [0.3, 0.4) is 0 Å². The molecule has 136 valence electrons. The van der Waals surface area contributed by atoms with Crippen molar-refractivity contribution in [1.82, 2.24) is 4.90 Å².